The maximum absolute atomic E-state index is 14.2. The second kappa shape index (κ2) is 9.91. The van der Waals surface area contributed by atoms with Crippen LogP contribution in [0.25, 0.3) is 0 Å². The Morgan fingerprint density at radius 2 is 1.67 bits per heavy atom. The topological polar surface area (TPSA) is 75.7 Å². The van der Waals surface area contributed by atoms with E-state index in [1.807, 2.05) is 26.0 Å². The third-order valence-corrected chi connectivity index (χ3v) is 6.86. The molecule has 0 bridgehead atoms. The molecule has 1 N–H and O–H groups in total. The molecule has 1 aliphatic rings. The lowest BCUT2D eigenvalue weighted by Gasteiger charge is -2.22. The van der Waals surface area contributed by atoms with E-state index < -0.39 is 29.2 Å². The first kappa shape index (κ1) is 25.7. The standard InChI is InChI=1S/C27H23Cl2FN2O4/c1-27(2)17-6-4-8-19(29)23(17)32(26(27)35)16-12-10-15(11-13-16)14-21(25(34)36-3)31-24(33)22-18(28)7-5-9-20(22)30/h4-13,21H,14H2,1-3H3,(H,31,33)/t21-/m0/s1. The normalized spacial score (nSPS) is 14.8. The number of ether oxygens (including phenoxy) is 1. The number of hydrogen-bond donors (Lipinski definition) is 1. The van der Waals surface area contributed by atoms with Gasteiger partial charge in [0.1, 0.15) is 11.9 Å². The van der Waals surface area contributed by atoms with Crippen LogP contribution in [0, 0.1) is 5.82 Å². The van der Waals surface area contributed by atoms with Crippen LogP contribution in [0.3, 0.4) is 0 Å². The number of carbonyl (C=O) groups excluding carboxylic acids is 3. The lowest BCUT2D eigenvalue weighted by atomic mass is 9.86. The summed E-state index contributed by atoms with van der Waals surface area (Å²) in [5.41, 5.74) is 1.68. The summed E-state index contributed by atoms with van der Waals surface area (Å²) in [4.78, 5) is 39.9. The predicted octanol–water partition coefficient (Wildman–Crippen LogP) is 5.60. The maximum atomic E-state index is 14.2. The van der Waals surface area contributed by atoms with Crippen molar-refractivity contribution < 1.29 is 23.5 Å². The molecule has 0 fully saturated rings. The van der Waals surface area contributed by atoms with Gasteiger partial charge < -0.3 is 10.1 Å². The molecule has 3 aromatic carbocycles. The molecular formula is C27H23Cl2FN2O4. The van der Waals surface area contributed by atoms with Crippen molar-refractivity contribution >= 4 is 52.4 Å². The average Bonchev–Trinajstić information content (AvgIpc) is 3.05. The van der Waals surface area contributed by atoms with Crippen LogP contribution in [0.15, 0.2) is 60.7 Å². The fourth-order valence-corrected chi connectivity index (χ4v) is 4.79. The molecule has 3 aromatic rings. The van der Waals surface area contributed by atoms with Gasteiger partial charge >= 0.3 is 5.97 Å². The Morgan fingerprint density at radius 1 is 1.03 bits per heavy atom. The molecule has 0 unspecified atom stereocenters. The summed E-state index contributed by atoms with van der Waals surface area (Å²) >= 11 is 12.4. The molecule has 6 nitrogen and oxygen atoms in total. The van der Waals surface area contributed by atoms with Crippen molar-refractivity contribution in [1.82, 2.24) is 5.32 Å². The highest BCUT2D eigenvalue weighted by Gasteiger charge is 2.45. The number of hydrogen-bond acceptors (Lipinski definition) is 4. The molecule has 1 atom stereocenters. The molecule has 36 heavy (non-hydrogen) atoms. The third-order valence-electron chi connectivity index (χ3n) is 6.24. The number of nitrogens with zero attached hydrogens (tertiary/aromatic N) is 1. The van der Waals surface area contributed by atoms with Crippen molar-refractivity contribution in [3.63, 3.8) is 0 Å². The van der Waals surface area contributed by atoms with Crippen molar-refractivity contribution in [2.45, 2.75) is 31.7 Å². The Balaban J connectivity index is 1.58. The molecule has 2 amide bonds. The Morgan fingerprint density at radius 3 is 2.31 bits per heavy atom. The number of fused-ring (bicyclic) bond motifs is 1. The van der Waals surface area contributed by atoms with Gasteiger partial charge in [0.05, 0.1) is 33.8 Å². The van der Waals surface area contributed by atoms with Crippen molar-refractivity contribution in [2.75, 3.05) is 12.0 Å². The summed E-state index contributed by atoms with van der Waals surface area (Å²) in [6, 6.07) is 15.2. The fraction of sp³-hybridized carbons (Fsp3) is 0.222. The molecular weight excluding hydrogens is 506 g/mol. The first-order valence-corrected chi connectivity index (χ1v) is 11.9. The monoisotopic (exact) mass is 528 g/mol. The van der Waals surface area contributed by atoms with E-state index in [0.717, 1.165) is 11.6 Å². The number of amides is 2. The van der Waals surface area contributed by atoms with E-state index in [-0.39, 0.29) is 22.9 Å². The highest BCUT2D eigenvalue weighted by atomic mass is 35.5. The van der Waals surface area contributed by atoms with Crippen LogP contribution in [-0.4, -0.2) is 30.9 Å². The Labute approximate surface area is 218 Å². The zero-order valence-corrected chi connectivity index (χ0v) is 21.3. The van der Waals surface area contributed by atoms with Crippen LogP contribution in [0.2, 0.25) is 10.0 Å². The zero-order chi connectivity index (χ0) is 26.2. The number of halogens is 3. The van der Waals surface area contributed by atoms with Gasteiger partial charge in [0, 0.05) is 12.1 Å². The second-order valence-corrected chi connectivity index (χ2v) is 9.73. The smallest absolute Gasteiger partial charge is 0.328 e. The number of esters is 1. The third kappa shape index (κ3) is 4.56. The number of para-hydroxylation sites is 1. The number of benzene rings is 3. The minimum Gasteiger partial charge on any atom is -0.467 e. The molecule has 9 heteroatoms. The lowest BCUT2D eigenvalue weighted by Crippen LogP contribution is -2.43. The largest absolute Gasteiger partial charge is 0.467 e. The van der Waals surface area contributed by atoms with E-state index in [1.165, 1.54) is 19.2 Å². The number of anilines is 2. The number of rotatable bonds is 6. The Bertz CT molecular complexity index is 1340. The number of nitrogens with one attached hydrogen (secondary N) is 1. The van der Waals surface area contributed by atoms with Gasteiger partial charge in [-0.15, -0.1) is 0 Å². The summed E-state index contributed by atoms with van der Waals surface area (Å²) in [5, 5.41) is 2.90. The Hall–Kier alpha value is -3.42. The predicted molar refractivity (Wildman–Crippen MR) is 136 cm³/mol. The minimum absolute atomic E-state index is 0.0710. The zero-order valence-electron chi connectivity index (χ0n) is 19.8. The molecule has 0 saturated heterocycles. The molecule has 1 aliphatic heterocycles. The molecule has 0 aliphatic carbocycles. The van der Waals surface area contributed by atoms with Gasteiger partial charge in [0.25, 0.3) is 5.91 Å². The van der Waals surface area contributed by atoms with Crippen molar-refractivity contribution in [3.8, 4) is 0 Å². The summed E-state index contributed by atoms with van der Waals surface area (Å²) < 4.78 is 19.0. The van der Waals surface area contributed by atoms with Crippen LogP contribution in [-0.2, 0) is 26.2 Å². The molecule has 1 heterocycles. The van der Waals surface area contributed by atoms with Crippen molar-refractivity contribution in [1.29, 1.82) is 0 Å². The van der Waals surface area contributed by atoms with Crippen molar-refractivity contribution in [2.24, 2.45) is 0 Å². The highest BCUT2D eigenvalue weighted by molar-refractivity contribution is 6.35. The summed E-state index contributed by atoms with van der Waals surface area (Å²) in [7, 11) is 1.20. The van der Waals surface area contributed by atoms with E-state index in [1.54, 1.807) is 35.2 Å². The SMILES string of the molecule is COC(=O)[C@H](Cc1ccc(N2C(=O)C(C)(C)c3cccc(Cl)c32)cc1)NC(=O)c1c(F)cccc1Cl. The van der Waals surface area contributed by atoms with Crippen molar-refractivity contribution in [3.05, 3.63) is 93.2 Å². The molecule has 186 valence electrons. The van der Waals surface area contributed by atoms with Crippen LogP contribution in [0.4, 0.5) is 15.8 Å². The second-order valence-electron chi connectivity index (χ2n) is 8.92. The van der Waals surface area contributed by atoms with E-state index in [4.69, 9.17) is 27.9 Å². The molecule has 4 rings (SSSR count). The van der Waals surface area contributed by atoms with Gasteiger partial charge in [0.15, 0.2) is 0 Å². The van der Waals surface area contributed by atoms with Crippen LogP contribution < -0.4 is 10.2 Å². The number of methoxy groups -OCH3 is 1. The molecule has 0 saturated carbocycles. The summed E-state index contributed by atoms with van der Waals surface area (Å²) in [6.45, 7) is 3.70. The van der Waals surface area contributed by atoms with Gasteiger partial charge in [-0.3, -0.25) is 14.5 Å². The molecule has 0 aromatic heterocycles. The van der Waals surface area contributed by atoms with Gasteiger partial charge in [-0.2, -0.15) is 0 Å². The molecule has 0 radical (unpaired) electrons. The average molecular weight is 529 g/mol. The summed E-state index contributed by atoms with van der Waals surface area (Å²) in [5.74, 6) is -2.44. The maximum Gasteiger partial charge on any atom is 0.328 e. The molecule has 0 spiro atoms. The van der Waals surface area contributed by atoms with Gasteiger partial charge in [-0.1, -0.05) is 53.5 Å². The van der Waals surface area contributed by atoms with Gasteiger partial charge in [-0.05, 0) is 55.3 Å². The van der Waals surface area contributed by atoms with Crippen LogP contribution >= 0.6 is 23.2 Å². The highest BCUT2D eigenvalue weighted by Crippen LogP contribution is 2.48. The first-order valence-electron chi connectivity index (χ1n) is 11.1. The lowest BCUT2D eigenvalue weighted by molar-refractivity contribution is -0.142. The summed E-state index contributed by atoms with van der Waals surface area (Å²) in [6.07, 6.45) is 0.0710. The van der Waals surface area contributed by atoms with Crippen LogP contribution in [0.5, 0.6) is 0 Å². The Kier molecular flexibility index (Phi) is 7.07. The van der Waals surface area contributed by atoms with Gasteiger partial charge in [0.2, 0.25) is 5.91 Å². The quantitative estimate of drug-likeness (QED) is 0.422. The van der Waals surface area contributed by atoms with E-state index in [0.29, 0.717) is 22.0 Å². The van der Waals surface area contributed by atoms with Crippen LogP contribution in [0.1, 0.15) is 35.3 Å². The van der Waals surface area contributed by atoms with Gasteiger partial charge in [-0.25, -0.2) is 9.18 Å². The van der Waals surface area contributed by atoms with E-state index in [2.05, 4.69) is 5.32 Å². The number of carbonyl (C=O) groups is 3. The van der Waals surface area contributed by atoms with E-state index >= 15 is 0 Å². The first-order chi connectivity index (χ1) is 17.1. The van der Waals surface area contributed by atoms with E-state index in [9.17, 15) is 18.8 Å². The minimum atomic E-state index is -1.09. The fourth-order valence-electron chi connectivity index (χ4n) is 4.29.